The topological polar surface area (TPSA) is 90.1 Å². The van der Waals surface area contributed by atoms with E-state index in [0.717, 1.165) is 12.0 Å². The van der Waals surface area contributed by atoms with Crippen molar-refractivity contribution in [3.63, 3.8) is 0 Å². The van der Waals surface area contributed by atoms with Crippen molar-refractivity contribution in [2.75, 3.05) is 13.7 Å². The molecule has 2 aromatic carbocycles. The average molecular weight is 647 g/mol. The first-order valence-electron chi connectivity index (χ1n) is 12.6. The summed E-state index contributed by atoms with van der Waals surface area (Å²) in [5.41, 5.74) is 3.53. The summed E-state index contributed by atoms with van der Waals surface area (Å²) in [6, 6.07) is 10.9. The van der Waals surface area contributed by atoms with Gasteiger partial charge in [-0.1, -0.05) is 62.8 Å². The molecule has 38 heavy (non-hydrogen) atoms. The fraction of sp³-hybridized carbons (Fsp3) is 0.345. The number of hydrogen-bond donors (Lipinski definition) is 1. The molecule has 0 bridgehead atoms. The van der Waals surface area contributed by atoms with E-state index in [9.17, 15) is 14.7 Å². The van der Waals surface area contributed by atoms with Gasteiger partial charge < -0.3 is 14.6 Å². The van der Waals surface area contributed by atoms with Crippen molar-refractivity contribution in [3.8, 4) is 11.5 Å². The van der Waals surface area contributed by atoms with Crippen LogP contribution in [0.4, 0.5) is 0 Å². The summed E-state index contributed by atoms with van der Waals surface area (Å²) in [5, 5.41) is 10.2. The fourth-order valence-electron chi connectivity index (χ4n) is 4.48. The molecule has 7 nitrogen and oxygen atoms in total. The molecule has 0 unspecified atom stereocenters. The van der Waals surface area contributed by atoms with Gasteiger partial charge in [0, 0.05) is 0 Å². The number of carbonyl (C=O) groups is 1. The van der Waals surface area contributed by atoms with E-state index in [-0.39, 0.29) is 17.9 Å². The number of ether oxygens (including phenoxy) is 2. The van der Waals surface area contributed by atoms with Gasteiger partial charge in [0.1, 0.15) is 0 Å². The van der Waals surface area contributed by atoms with Gasteiger partial charge in [-0.3, -0.25) is 9.36 Å². The van der Waals surface area contributed by atoms with E-state index in [4.69, 9.17) is 14.5 Å². The molecule has 1 aliphatic rings. The first-order chi connectivity index (χ1) is 18.2. The van der Waals surface area contributed by atoms with Crippen molar-refractivity contribution in [1.29, 1.82) is 0 Å². The largest absolute Gasteiger partial charge is 0.504 e. The highest BCUT2D eigenvalue weighted by Gasteiger charge is 2.34. The normalized spacial score (nSPS) is 15.4. The zero-order chi connectivity index (χ0) is 27.6. The number of nitrogens with zero attached hydrogens (tertiary/aromatic N) is 2. The van der Waals surface area contributed by atoms with Crippen LogP contribution in [-0.2, 0) is 9.53 Å². The lowest BCUT2D eigenvalue weighted by Crippen LogP contribution is -2.40. The van der Waals surface area contributed by atoms with Gasteiger partial charge in [0.05, 0.1) is 39.1 Å². The van der Waals surface area contributed by atoms with Crippen LogP contribution in [0, 0.1) is 3.57 Å². The molecule has 1 N–H and O–H groups in total. The van der Waals surface area contributed by atoms with Crippen LogP contribution in [0.25, 0.3) is 6.08 Å². The Morgan fingerprint density at radius 3 is 2.55 bits per heavy atom. The van der Waals surface area contributed by atoms with Crippen LogP contribution in [-0.4, -0.2) is 29.4 Å². The van der Waals surface area contributed by atoms with Crippen LogP contribution in [0.2, 0.25) is 0 Å². The first kappa shape index (κ1) is 28.1. The van der Waals surface area contributed by atoms with Crippen molar-refractivity contribution in [2.45, 2.75) is 52.5 Å². The maximum atomic E-state index is 13.9. The summed E-state index contributed by atoms with van der Waals surface area (Å²) in [7, 11) is 1.49. The number of aromatic hydroxyl groups is 1. The maximum Gasteiger partial charge on any atom is 0.338 e. The van der Waals surface area contributed by atoms with Gasteiger partial charge in [0.2, 0.25) is 0 Å². The van der Waals surface area contributed by atoms with E-state index in [0.29, 0.717) is 47.8 Å². The van der Waals surface area contributed by atoms with E-state index >= 15 is 0 Å². The highest BCUT2D eigenvalue weighted by molar-refractivity contribution is 14.1. The summed E-state index contributed by atoms with van der Waals surface area (Å²) < 4.78 is 13.4. The van der Waals surface area contributed by atoms with Crippen LogP contribution in [0.15, 0.2) is 57.5 Å². The Morgan fingerprint density at radius 2 is 1.95 bits per heavy atom. The highest BCUT2D eigenvalue weighted by atomic mass is 127. The number of phenolic OH excluding ortho intramolecular Hbond substituents is 1. The van der Waals surface area contributed by atoms with Gasteiger partial charge in [0.25, 0.3) is 5.56 Å². The van der Waals surface area contributed by atoms with Gasteiger partial charge in [-0.05, 0) is 76.8 Å². The molecule has 0 radical (unpaired) electrons. The number of hydrogen-bond acceptors (Lipinski definition) is 7. The zero-order valence-corrected chi connectivity index (χ0v) is 25.1. The van der Waals surface area contributed by atoms with Gasteiger partial charge >= 0.3 is 5.97 Å². The second kappa shape index (κ2) is 11.9. The van der Waals surface area contributed by atoms with Gasteiger partial charge in [-0.25, -0.2) is 9.79 Å². The summed E-state index contributed by atoms with van der Waals surface area (Å²) >= 11 is 3.31. The summed E-state index contributed by atoms with van der Waals surface area (Å²) in [4.78, 5) is 32.5. The lowest BCUT2D eigenvalue weighted by atomic mass is 9.92. The Kier molecular flexibility index (Phi) is 8.77. The molecule has 0 spiro atoms. The third kappa shape index (κ3) is 5.44. The number of allylic oxidation sites excluding steroid dienone is 1. The van der Waals surface area contributed by atoms with Crippen molar-refractivity contribution >= 4 is 46.0 Å². The van der Waals surface area contributed by atoms with Crippen LogP contribution >= 0.6 is 33.9 Å². The lowest BCUT2D eigenvalue weighted by molar-refractivity contribution is -0.139. The molecule has 200 valence electrons. The lowest BCUT2D eigenvalue weighted by Gasteiger charge is -2.26. The number of rotatable bonds is 8. The van der Waals surface area contributed by atoms with Crippen molar-refractivity contribution in [3.05, 3.63) is 87.6 Å². The van der Waals surface area contributed by atoms with E-state index < -0.39 is 12.0 Å². The van der Waals surface area contributed by atoms with Gasteiger partial charge in [0.15, 0.2) is 16.3 Å². The van der Waals surface area contributed by atoms with E-state index in [1.165, 1.54) is 24.0 Å². The number of esters is 1. The average Bonchev–Trinajstić information content (AvgIpc) is 3.19. The fourth-order valence-corrected chi connectivity index (χ4v) is 6.13. The zero-order valence-electron chi connectivity index (χ0n) is 22.1. The minimum atomic E-state index is -0.648. The maximum absolute atomic E-state index is 13.9. The smallest absolute Gasteiger partial charge is 0.338 e. The molecule has 1 aromatic heterocycles. The third-order valence-electron chi connectivity index (χ3n) is 6.38. The molecule has 0 aliphatic carbocycles. The molecule has 2 heterocycles. The number of aromatic nitrogens is 1. The molecule has 4 rings (SSSR count). The Balaban J connectivity index is 1.98. The monoisotopic (exact) mass is 646 g/mol. The van der Waals surface area contributed by atoms with Crippen LogP contribution in [0.1, 0.15) is 69.2 Å². The van der Waals surface area contributed by atoms with E-state index in [2.05, 4.69) is 13.8 Å². The Morgan fingerprint density at radius 1 is 1.24 bits per heavy atom. The molecule has 1 atom stereocenters. The molecular weight excluding hydrogens is 615 g/mol. The number of halogens is 1. The Labute approximate surface area is 239 Å². The predicted octanol–water partition coefficient (Wildman–Crippen LogP) is 5.02. The first-order valence-corrected chi connectivity index (χ1v) is 14.5. The van der Waals surface area contributed by atoms with Crippen LogP contribution in [0.5, 0.6) is 11.5 Å². The summed E-state index contributed by atoms with van der Waals surface area (Å²) in [6.45, 7) is 8.29. The molecular formula is C29H31IN2O5S. The minimum absolute atomic E-state index is 0.0554. The molecule has 0 saturated carbocycles. The van der Waals surface area contributed by atoms with E-state index in [1.807, 2.05) is 53.8 Å². The number of thiazole rings is 1. The Bertz CT molecular complexity index is 1570. The molecule has 1 aliphatic heterocycles. The number of phenols is 1. The molecule has 0 amide bonds. The molecule has 0 saturated heterocycles. The number of benzene rings is 2. The summed E-state index contributed by atoms with van der Waals surface area (Å²) in [6.07, 6.45) is 3.15. The van der Waals surface area contributed by atoms with Crippen molar-refractivity contribution in [1.82, 2.24) is 4.57 Å². The number of fused-ring (bicyclic) bond motifs is 1. The van der Waals surface area contributed by atoms with Crippen LogP contribution in [0.3, 0.4) is 0 Å². The quantitative estimate of drug-likeness (QED) is 0.274. The highest BCUT2D eigenvalue weighted by Crippen LogP contribution is 2.34. The molecule has 3 aromatic rings. The van der Waals surface area contributed by atoms with Crippen molar-refractivity contribution < 1.29 is 19.4 Å². The second-order valence-corrected chi connectivity index (χ2v) is 11.5. The predicted molar refractivity (Wildman–Crippen MR) is 158 cm³/mol. The van der Waals surface area contributed by atoms with Crippen LogP contribution < -0.4 is 19.6 Å². The Hall–Kier alpha value is -2.92. The molecule has 0 fully saturated rings. The SMILES string of the molecule is CCCC1=C(C(=O)OCC)[C@@H](c2ccc(C(C)C)cc2)n2c(s/c(=C\c3cc(I)c(O)c(OC)c3)c2=O)=N1. The number of carbonyl (C=O) groups excluding carboxylic acids is 1. The third-order valence-corrected chi connectivity index (χ3v) is 8.18. The second-order valence-electron chi connectivity index (χ2n) is 9.29. The van der Waals surface area contributed by atoms with Gasteiger partial charge in [-0.15, -0.1) is 0 Å². The standard InChI is InChI=1S/C29H31IN2O5S/c1-6-8-21-24(28(35)37-7-2)25(19-11-9-18(10-12-19)16(3)4)32-27(34)23(38-29(32)31-21)15-17-13-20(30)26(33)22(14-17)36-5/h9-16,25,33H,6-8H2,1-5H3/b23-15-/t25-/m1/s1. The van der Waals surface area contributed by atoms with E-state index in [1.54, 1.807) is 29.7 Å². The van der Waals surface area contributed by atoms with Crippen molar-refractivity contribution in [2.24, 2.45) is 4.99 Å². The number of methoxy groups -OCH3 is 1. The summed E-state index contributed by atoms with van der Waals surface area (Å²) in [5.74, 6) is 0.283. The van der Waals surface area contributed by atoms with Gasteiger partial charge in [-0.2, -0.15) is 0 Å². The molecule has 9 heteroatoms. The minimum Gasteiger partial charge on any atom is -0.504 e.